The molecule has 1 aromatic heterocycles. The van der Waals surface area contributed by atoms with Gasteiger partial charge in [0.15, 0.2) is 0 Å². The minimum atomic E-state index is -0.620. The van der Waals surface area contributed by atoms with Crippen LogP contribution >= 0.6 is 11.6 Å². The normalized spacial score (nSPS) is 13.0. The van der Waals surface area contributed by atoms with Gasteiger partial charge in [-0.1, -0.05) is 17.7 Å². The largest absolute Gasteiger partial charge is 0.367 e. The van der Waals surface area contributed by atoms with Crippen molar-refractivity contribution in [2.45, 2.75) is 6.54 Å². The molecule has 1 aliphatic rings. The molecule has 5 nitrogen and oxygen atoms in total. The number of aromatic nitrogens is 1. The van der Waals surface area contributed by atoms with E-state index in [4.69, 9.17) is 11.6 Å². The molecule has 2 aromatic rings. The zero-order valence-corrected chi connectivity index (χ0v) is 12.0. The molecule has 21 heavy (non-hydrogen) atoms. The number of amides is 1. The fourth-order valence-corrected chi connectivity index (χ4v) is 2.57. The highest BCUT2D eigenvalue weighted by Gasteiger charge is 2.29. The Balaban J connectivity index is 1.91. The average molecular weight is 302 g/mol. The molecule has 0 spiro atoms. The summed E-state index contributed by atoms with van der Waals surface area (Å²) in [5.74, 6) is -1.17. The van der Waals surface area contributed by atoms with E-state index >= 15 is 0 Å². The molecular formula is C15H12ClN3O2. The number of rotatable bonds is 3. The molecule has 3 rings (SSSR count). The Morgan fingerprint density at radius 2 is 2.10 bits per heavy atom. The topological polar surface area (TPSA) is 62.3 Å². The van der Waals surface area contributed by atoms with E-state index in [9.17, 15) is 9.59 Å². The highest BCUT2D eigenvalue weighted by Crippen LogP contribution is 2.35. The van der Waals surface area contributed by atoms with Crippen LogP contribution < -0.4 is 10.2 Å². The smallest absolute Gasteiger partial charge is 0.296 e. The summed E-state index contributed by atoms with van der Waals surface area (Å²) in [6.45, 7) is 0.571. The predicted octanol–water partition coefficient (Wildman–Crippen LogP) is 2.51. The first-order valence-electron chi connectivity index (χ1n) is 6.36. The molecule has 0 saturated carbocycles. The Hall–Kier alpha value is -2.40. The van der Waals surface area contributed by atoms with Gasteiger partial charge in [-0.3, -0.25) is 14.6 Å². The number of halogens is 1. The predicted molar refractivity (Wildman–Crippen MR) is 80.8 cm³/mol. The van der Waals surface area contributed by atoms with Gasteiger partial charge in [-0.25, -0.2) is 0 Å². The number of carbonyl (C=O) groups excluding carboxylic acids is 2. The molecule has 0 unspecified atom stereocenters. The third kappa shape index (κ3) is 2.48. The number of fused-ring (bicyclic) bond motifs is 1. The van der Waals surface area contributed by atoms with Crippen molar-refractivity contribution in [3.63, 3.8) is 0 Å². The highest BCUT2D eigenvalue weighted by atomic mass is 35.5. The van der Waals surface area contributed by atoms with Gasteiger partial charge in [0.1, 0.15) is 0 Å². The first-order valence-corrected chi connectivity index (χ1v) is 6.74. The molecule has 106 valence electrons. The molecule has 1 aromatic carbocycles. The SMILES string of the molecule is CN(Cc1ccccn1)c1cc2c(cc1Cl)C(=O)C(=O)N2. The molecule has 2 heterocycles. The van der Waals surface area contributed by atoms with Gasteiger partial charge in [0, 0.05) is 13.2 Å². The summed E-state index contributed by atoms with van der Waals surface area (Å²) in [6.07, 6.45) is 1.73. The van der Waals surface area contributed by atoms with Crippen molar-refractivity contribution in [3.05, 3.63) is 52.8 Å². The van der Waals surface area contributed by atoms with Gasteiger partial charge in [0.2, 0.25) is 0 Å². The summed E-state index contributed by atoms with van der Waals surface area (Å²) >= 11 is 6.23. The molecule has 0 fully saturated rings. The summed E-state index contributed by atoms with van der Waals surface area (Å²) in [6, 6.07) is 8.93. The maximum Gasteiger partial charge on any atom is 0.296 e. The lowest BCUT2D eigenvalue weighted by Crippen LogP contribution is -2.17. The molecule has 0 saturated heterocycles. The molecular weight excluding hydrogens is 290 g/mol. The van der Waals surface area contributed by atoms with Crippen molar-refractivity contribution in [1.29, 1.82) is 0 Å². The second kappa shape index (κ2) is 5.18. The van der Waals surface area contributed by atoms with Crippen molar-refractivity contribution < 1.29 is 9.59 Å². The molecule has 1 aliphatic heterocycles. The number of anilines is 2. The number of hydrogen-bond donors (Lipinski definition) is 1. The van der Waals surface area contributed by atoms with E-state index in [0.717, 1.165) is 11.4 Å². The van der Waals surface area contributed by atoms with Crippen LogP contribution in [-0.2, 0) is 11.3 Å². The van der Waals surface area contributed by atoms with Crippen LogP contribution in [0, 0.1) is 0 Å². The maximum absolute atomic E-state index is 11.6. The van der Waals surface area contributed by atoms with Gasteiger partial charge < -0.3 is 10.2 Å². The van der Waals surface area contributed by atoms with E-state index < -0.39 is 11.7 Å². The standard InChI is InChI=1S/C15H12ClN3O2/c1-19(8-9-4-2-3-5-17-9)13-7-12-10(6-11(13)16)14(20)15(21)18-12/h2-7H,8H2,1H3,(H,18,20,21). The number of hydrogen-bond acceptors (Lipinski definition) is 4. The van der Waals surface area contributed by atoms with E-state index in [0.29, 0.717) is 22.8 Å². The fraction of sp³-hybridized carbons (Fsp3) is 0.133. The lowest BCUT2D eigenvalue weighted by Gasteiger charge is -2.21. The minimum absolute atomic E-state index is 0.319. The third-order valence-electron chi connectivity index (χ3n) is 3.32. The van der Waals surface area contributed by atoms with Crippen LogP contribution in [0.5, 0.6) is 0 Å². The van der Waals surface area contributed by atoms with Crippen molar-refractivity contribution in [2.24, 2.45) is 0 Å². The Morgan fingerprint density at radius 3 is 2.81 bits per heavy atom. The van der Waals surface area contributed by atoms with E-state index in [1.54, 1.807) is 12.3 Å². The lowest BCUT2D eigenvalue weighted by molar-refractivity contribution is -0.112. The number of Topliss-reactive ketones (excluding diaryl/α,β-unsaturated/α-hetero) is 1. The number of pyridine rings is 1. The maximum atomic E-state index is 11.6. The number of nitrogens with one attached hydrogen (secondary N) is 1. The molecule has 1 N–H and O–H groups in total. The van der Waals surface area contributed by atoms with Crippen molar-refractivity contribution >= 4 is 34.7 Å². The van der Waals surface area contributed by atoms with Gasteiger partial charge in [-0.2, -0.15) is 0 Å². The zero-order chi connectivity index (χ0) is 15.0. The number of nitrogens with zero attached hydrogens (tertiary/aromatic N) is 2. The van der Waals surface area contributed by atoms with Crippen LogP contribution in [0.2, 0.25) is 5.02 Å². The zero-order valence-electron chi connectivity index (χ0n) is 11.3. The fourth-order valence-electron chi connectivity index (χ4n) is 2.27. The quantitative estimate of drug-likeness (QED) is 0.885. The van der Waals surface area contributed by atoms with Crippen LogP contribution in [-0.4, -0.2) is 23.7 Å². The van der Waals surface area contributed by atoms with E-state index in [-0.39, 0.29) is 0 Å². The Labute approximate surface area is 126 Å². The number of ketones is 1. The van der Waals surface area contributed by atoms with Gasteiger partial charge >= 0.3 is 0 Å². The second-order valence-electron chi connectivity index (χ2n) is 4.81. The summed E-state index contributed by atoms with van der Waals surface area (Å²) in [4.78, 5) is 29.2. The van der Waals surface area contributed by atoms with E-state index in [1.807, 2.05) is 30.1 Å². The summed E-state index contributed by atoms with van der Waals surface area (Å²) in [7, 11) is 1.88. The highest BCUT2D eigenvalue weighted by molar-refractivity contribution is 6.52. The Morgan fingerprint density at radius 1 is 1.29 bits per heavy atom. The lowest BCUT2D eigenvalue weighted by atomic mass is 10.1. The van der Waals surface area contributed by atoms with Crippen LogP contribution in [0.25, 0.3) is 0 Å². The second-order valence-corrected chi connectivity index (χ2v) is 5.22. The number of carbonyl (C=O) groups is 2. The van der Waals surface area contributed by atoms with Crippen LogP contribution in [0.3, 0.4) is 0 Å². The summed E-state index contributed by atoms with van der Waals surface area (Å²) in [5.41, 5.74) is 2.45. The van der Waals surface area contributed by atoms with Gasteiger partial charge in [-0.15, -0.1) is 0 Å². The van der Waals surface area contributed by atoms with Crippen molar-refractivity contribution in [2.75, 3.05) is 17.3 Å². The number of benzene rings is 1. The minimum Gasteiger partial charge on any atom is -0.367 e. The summed E-state index contributed by atoms with van der Waals surface area (Å²) < 4.78 is 0. The molecule has 0 radical (unpaired) electrons. The first-order chi connectivity index (χ1) is 10.1. The monoisotopic (exact) mass is 301 g/mol. The van der Waals surface area contributed by atoms with Gasteiger partial charge in [0.25, 0.3) is 11.7 Å². The molecule has 1 amide bonds. The van der Waals surface area contributed by atoms with Crippen LogP contribution in [0.1, 0.15) is 16.1 Å². The van der Waals surface area contributed by atoms with Gasteiger partial charge in [-0.05, 0) is 24.3 Å². The molecule has 0 aliphatic carbocycles. The Kier molecular flexibility index (Phi) is 3.35. The van der Waals surface area contributed by atoms with Crippen LogP contribution in [0.4, 0.5) is 11.4 Å². The van der Waals surface area contributed by atoms with Crippen molar-refractivity contribution in [3.8, 4) is 0 Å². The van der Waals surface area contributed by atoms with Crippen molar-refractivity contribution in [1.82, 2.24) is 4.98 Å². The van der Waals surface area contributed by atoms with Crippen LogP contribution in [0.15, 0.2) is 36.5 Å². The van der Waals surface area contributed by atoms with E-state index in [2.05, 4.69) is 10.3 Å². The molecule has 0 bridgehead atoms. The summed E-state index contributed by atoms with van der Waals surface area (Å²) in [5, 5.41) is 2.97. The molecule has 0 atom stereocenters. The first kappa shape index (κ1) is 13.6. The Bertz CT molecular complexity index is 731. The average Bonchev–Trinajstić information content (AvgIpc) is 2.74. The van der Waals surface area contributed by atoms with Gasteiger partial charge in [0.05, 0.1) is 34.2 Å². The van der Waals surface area contributed by atoms with E-state index in [1.165, 1.54) is 6.07 Å². The third-order valence-corrected chi connectivity index (χ3v) is 3.63. The molecule has 6 heteroatoms.